The molecule has 2 aliphatic heterocycles. The van der Waals surface area contributed by atoms with Crippen LogP contribution in [0, 0.1) is 12.8 Å². The number of aryl methyl sites for hydroxylation is 2. The Morgan fingerprint density at radius 1 is 0.961 bits per heavy atom. The summed E-state index contributed by atoms with van der Waals surface area (Å²) < 4.78 is 7.43. The van der Waals surface area contributed by atoms with Gasteiger partial charge in [0.15, 0.2) is 12.3 Å². The van der Waals surface area contributed by atoms with E-state index in [4.69, 9.17) is 4.74 Å². The summed E-state index contributed by atoms with van der Waals surface area (Å²) in [5.41, 5.74) is 2.69. The van der Waals surface area contributed by atoms with E-state index in [1.807, 2.05) is 57.2 Å². The first-order valence-corrected chi connectivity index (χ1v) is 17.3. The summed E-state index contributed by atoms with van der Waals surface area (Å²) in [6, 6.07) is 15.2. The number of rotatable bonds is 7. The van der Waals surface area contributed by atoms with Crippen molar-refractivity contribution in [1.82, 2.24) is 35.5 Å². The van der Waals surface area contributed by atoms with Crippen LogP contribution in [0.1, 0.15) is 53.5 Å². The Hall–Kier alpha value is -5.24. The topological polar surface area (TPSA) is 175 Å². The summed E-state index contributed by atoms with van der Waals surface area (Å²) in [4.78, 5) is 71.0. The molecule has 4 N–H and O–H groups in total. The van der Waals surface area contributed by atoms with Crippen LogP contribution < -0.4 is 20.7 Å². The number of aliphatic hydroxyl groups excluding tert-OH is 1. The van der Waals surface area contributed by atoms with Gasteiger partial charge in [0.1, 0.15) is 17.8 Å². The second-order valence-corrected chi connectivity index (χ2v) is 13.6. The number of fused-ring (bicyclic) bond motifs is 4. The molecule has 0 aliphatic carbocycles. The van der Waals surface area contributed by atoms with Crippen LogP contribution in [0.15, 0.2) is 60.7 Å². The van der Waals surface area contributed by atoms with E-state index in [1.54, 1.807) is 40.9 Å². The van der Waals surface area contributed by atoms with Crippen LogP contribution in [0.4, 0.5) is 0 Å². The predicted molar refractivity (Wildman–Crippen MR) is 188 cm³/mol. The number of carbonyl (C=O) groups is 5. The Balaban J connectivity index is 1.50. The van der Waals surface area contributed by atoms with Crippen LogP contribution in [0.3, 0.4) is 0 Å². The van der Waals surface area contributed by atoms with E-state index in [2.05, 4.69) is 21.0 Å². The lowest BCUT2D eigenvalue weighted by molar-refractivity contribution is -0.141. The minimum absolute atomic E-state index is 0.171. The molecule has 2 aromatic carbocycles. The smallest absolute Gasteiger partial charge is 0.274 e. The van der Waals surface area contributed by atoms with E-state index in [-0.39, 0.29) is 43.8 Å². The van der Waals surface area contributed by atoms with Gasteiger partial charge in [-0.15, -0.1) is 0 Å². The molecular weight excluding hydrogens is 654 g/mol. The molecule has 51 heavy (non-hydrogen) atoms. The highest BCUT2D eigenvalue weighted by atomic mass is 16.5. The molecule has 14 nitrogen and oxygen atoms in total. The fourth-order valence-electron chi connectivity index (χ4n) is 6.34. The van der Waals surface area contributed by atoms with Crippen molar-refractivity contribution >= 4 is 29.5 Å². The Morgan fingerprint density at radius 2 is 1.71 bits per heavy atom. The van der Waals surface area contributed by atoms with E-state index >= 15 is 0 Å². The Labute approximate surface area is 297 Å². The number of amides is 5. The van der Waals surface area contributed by atoms with E-state index in [9.17, 15) is 29.1 Å². The molecular formula is C37H47N7O7. The summed E-state index contributed by atoms with van der Waals surface area (Å²) >= 11 is 0. The lowest BCUT2D eigenvalue weighted by atomic mass is 9.93. The minimum Gasteiger partial charge on any atom is -0.484 e. The molecule has 14 heteroatoms. The molecule has 0 spiro atoms. The number of nitrogens with zero attached hydrogens (tertiary/aromatic N) is 4. The number of benzene rings is 2. The molecule has 0 radical (unpaired) electrons. The van der Waals surface area contributed by atoms with Gasteiger partial charge in [0.2, 0.25) is 17.7 Å². The maximum atomic E-state index is 14.2. The first-order chi connectivity index (χ1) is 24.4. The average Bonchev–Trinajstić information content (AvgIpc) is 3.69. The third-order valence-corrected chi connectivity index (χ3v) is 9.30. The van der Waals surface area contributed by atoms with Crippen molar-refractivity contribution in [3.8, 4) is 5.75 Å². The zero-order valence-electron chi connectivity index (χ0n) is 29.5. The van der Waals surface area contributed by atoms with E-state index in [1.165, 1.54) is 4.90 Å². The molecule has 1 fully saturated rings. The summed E-state index contributed by atoms with van der Waals surface area (Å²) in [6.07, 6.45) is 0.735. The summed E-state index contributed by atoms with van der Waals surface area (Å²) in [5, 5.41) is 23.0. The first-order valence-electron chi connectivity index (χ1n) is 17.3. The fourth-order valence-corrected chi connectivity index (χ4v) is 6.34. The molecule has 0 unspecified atom stereocenters. The van der Waals surface area contributed by atoms with Crippen molar-refractivity contribution in [2.24, 2.45) is 13.0 Å². The quantitative estimate of drug-likeness (QED) is 0.282. The third kappa shape index (κ3) is 9.51. The maximum Gasteiger partial charge on any atom is 0.274 e. The number of ether oxygens (including phenoxy) is 1. The van der Waals surface area contributed by atoms with Gasteiger partial charge in [-0.2, -0.15) is 5.10 Å². The normalized spacial score (nSPS) is 22.0. The zero-order chi connectivity index (χ0) is 36.7. The fraction of sp³-hybridized carbons (Fsp3) is 0.459. The van der Waals surface area contributed by atoms with E-state index in [0.29, 0.717) is 17.9 Å². The standard InChI is InChI=1S/C37H47N7O7/c1-23(2)13-14-43-20-33(46)38-29(16-25-9-6-5-7-10-25)35(48)40-31-19-44(36(49)30-15-24(3)42(4)41-30)18-28(31)26-11-8-12-27(17-26)51-22-34(47)39-32(21-45)37(43)50/h5-12,15,17,23,28-29,31-32,45H,13-14,16,18-22H2,1-4H3,(H,38,46)(H,39,47)(H,40,48)/t28-,29-,31+,32-/m0/s1. The van der Waals surface area contributed by atoms with Gasteiger partial charge < -0.3 is 35.6 Å². The van der Waals surface area contributed by atoms with Gasteiger partial charge in [-0.05, 0) is 48.6 Å². The van der Waals surface area contributed by atoms with Crippen molar-refractivity contribution in [2.75, 3.05) is 39.4 Å². The lowest BCUT2D eigenvalue weighted by Crippen LogP contribution is -2.56. The zero-order valence-corrected chi connectivity index (χ0v) is 29.5. The number of aromatic nitrogens is 2. The number of hydrogen-bond acceptors (Lipinski definition) is 8. The summed E-state index contributed by atoms with van der Waals surface area (Å²) in [7, 11) is 1.76. The highest BCUT2D eigenvalue weighted by Crippen LogP contribution is 2.31. The highest BCUT2D eigenvalue weighted by molar-refractivity contribution is 5.94. The van der Waals surface area contributed by atoms with Crippen LogP contribution in [0.25, 0.3) is 0 Å². The van der Waals surface area contributed by atoms with Crippen LogP contribution >= 0.6 is 0 Å². The highest BCUT2D eigenvalue weighted by Gasteiger charge is 2.39. The van der Waals surface area contributed by atoms with Crippen molar-refractivity contribution in [2.45, 2.75) is 57.7 Å². The van der Waals surface area contributed by atoms with Crippen LogP contribution in [-0.4, -0.2) is 112 Å². The third-order valence-electron chi connectivity index (χ3n) is 9.30. The molecule has 5 amide bonds. The lowest BCUT2D eigenvalue weighted by Gasteiger charge is -2.29. The van der Waals surface area contributed by atoms with E-state index in [0.717, 1.165) is 16.8 Å². The molecule has 2 aliphatic rings. The number of aliphatic hydroxyl groups is 1. The predicted octanol–water partition coefficient (Wildman–Crippen LogP) is 0.925. The minimum atomic E-state index is -1.31. The second kappa shape index (κ2) is 16.6. The van der Waals surface area contributed by atoms with Crippen LogP contribution in [0.2, 0.25) is 0 Å². The molecule has 272 valence electrons. The van der Waals surface area contributed by atoms with Gasteiger partial charge in [0, 0.05) is 44.7 Å². The van der Waals surface area contributed by atoms with Gasteiger partial charge >= 0.3 is 0 Å². The Bertz CT molecular complexity index is 1710. The molecule has 4 atom stereocenters. The maximum absolute atomic E-state index is 14.2. The summed E-state index contributed by atoms with van der Waals surface area (Å²) in [5.74, 6) is -2.35. The van der Waals surface area contributed by atoms with Crippen molar-refractivity contribution in [3.05, 3.63) is 83.2 Å². The molecule has 1 saturated heterocycles. The molecule has 3 aromatic rings. The van der Waals surface area contributed by atoms with Gasteiger partial charge in [-0.25, -0.2) is 0 Å². The van der Waals surface area contributed by atoms with Crippen molar-refractivity contribution in [1.29, 1.82) is 0 Å². The second-order valence-electron chi connectivity index (χ2n) is 13.6. The first kappa shape index (κ1) is 37.0. The van der Waals surface area contributed by atoms with Crippen molar-refractivity contribution in [3.63, 3.8) is 0 Å². The summed E-state index contributed by atoms with van der Waals surface area (Å²) in [6.45, 7) is 4.95. The average molecular weight is 702 g/mol. The van der Waals surface area contributed by atoms with Gasteiger partial charge in [0.05, 0.1) is 19.2 Å². The van der Waals surface area contributed by atoms with Gasteiger partial charge in [0.25, 0.3) is 11.8 Å². The Morgan fingerprint density at radius 3 is 2.39 bits per heavy atom. The molecule has 2 bridgehead atoms. The van der Waals surface area contributed by atoms with Crippen molar-refractivity contribution < 1.29 is 33.8 Å². The molecule has 3 heterocycles. The number of hydrogen-bond donors (Lipinski definition) is 4. The largest absolute Gasteiger partial charge is 0.484 e. The van der Waals surface area contributed by atoms with E-state index < -0.39 is 61.5 Å². The van der Waals surface area contributed by atoms with Crippen LogP contribution in [-0.2, 0) is 32.6 Å². The number of carbonyl (C=O) groups excluding carboxylic acids is 5. The van der Waals surface area contributed by atoms with Gasteiger partial charge in [-0.1, -0.05) is 56.3 Å². The number of nitrogens with one attached hydrogen (secondary N) is 3. The van der Waals surface area contributed by atoms with Crippen LogP contribution in [0.5, 0.6) is 5.75 Å². The monoisotopic (exact) mass is 701 g/mol. The van der Waals surface area contributed by atoms with Gasteiger partial charge in [-0.3, -0.25) is 28.7 Å². The number of likely N-dealkylation sites (tertiary alicyclic amines) is 1. The molecule has 1 aromatic heterocycles. The SMILES string of the molecule is Cc1cc(C(=O)N2C[C@H]3NC(=O)[C@H](Cc4ccccc4)NC(=O)CN(CCC(C)C)C(=O)[C@H](CO)NC(=O)COc4cccc(c4)[C@@H]3C2)nn1C. The molecule has 0 saturated carbocycles. The molecule has 5 rings (SSSR count). The Kier molecular flexibility index (Phi) is 12.1.